The maximum Gasteiger partial charge on any atom is 0.243 e. The molecule has 7 heteroatoms. The van der Waals surface area contributed by atoms with E-state index in [0.717, 1.165) is 9.99 Å². The van der Waals surface area contributed by atoms with Crippen LogP contribution in [0.1, 0.15) is 44.9 Å². The molecule has 0 saturated carbocycles. The van der Waals surface area contributed by atoms with Crippen molar-refractivity contribution < 1.29 is 4.79 Å². The summed E-state index contributed by atoms with van der Waals surface area (Å²) in [6.45, 7) is 7.51. The van der Waals surface area contributed by atoms with E-state index in [9.17, 15) is 4.79 Å². The Balaban J connectivity index is 2.54. The van der Waals surface area contributed by atoms with Crippen molar-refractivity contribution in [3.8, 4) is 0 Å². The van der Waals surface area contributed by atoms with Gasteiger partial charge in [0.25, 0.3) is 0 Å². The standard InChI is InChI=1S/C14H18BrClN4O/c1-7(2)18-14(21)9(4)20-12(8(3)16)19-11-5-10(15)6-17-13(11)20/h5-9H,1-4H3,(H,18,21). The molecule has 1 amide bonds. The highest BCUT2D eigenvalue weighted by molar-refractivity contribution is 9.10. The number of halogens is 2. The fourth-order valence-electron chi connectivity index (χ4n) is 2.16. The highest BCUT2D eigenvalue weighted by atomic mass is 79.9. The molecule has 21 heavy (non-hydrogen) atoms. The van der Waals surface area contributed by atoms with E-state index in [2.05, 4.69) is 31.2 Å². The van der Waals surface area contributed by atoms with Crippen LogP contribution in [0.15, 0.2) is 16.7 Å². The van der Waals surface area contributed by atoms with E-state index in [1.54, 1.807) is 10.8 Å². The van der Waals surface area contributed by atoms with E-state index in [0.29, 0.717) is 11.5 Å². The van der Waals surface area contributed by atoms with Gasteiger partial charge in [-0.1, -0.05) is 0 Å². The van der Waals surface area contributed by atoms with Crippen molar-refractivity contribution in [3.05, 3.63) is 22.6 Å². The molecule has 2 heterocycles. The Bertz CT molecular complexity index is 668. The summed E-state index contributed by atoms with van der Waals surface area (Å²) in [5, 5.41) is 2.59. The second-order valence-electron chi connectivity index (χ2n) is 5.29. The van der Waals surface area contributed by atoms with E-state index in [1.807, 2.05) is 33.8 Å². The number of carbonyl (C=O) groups excluding carboxylic acids is 1. The minimum atomic E-state index is -0.428. The molecule has 2 atom stereocenters. The molecule has 2 aromatic rings. The predicted octanol–water partition coefficient (Wildman–Crippen LogP) is 3.58. The summed E-state index contributed by atoms with van der Waals surface area (Å²) >= 11 is 9.60. The van der Waals surface area contributed by atoms with E-state index >= 15 is 0 Å². The van der Waals surface area contributed by atoms with E-state index in [-0.39, 0.29) is 17.3 Å². The molecule has 0 spiro atoms. The Labute approximate surface area is 137 Å². The molecule has 0 radical (unpaired) electrons. The van der Waals surface area contributed by atoms with Crippen molar-refractivity contribution in [3.63, 3.8) is 0 Å². The van der Waals surface area contributed by atoms with Crippen LogP contribution >= 0.6 is 27.5 Å². The third-order valence-corrected chi connectivity index (χ3v) is 3.71. The molecule has 0 bridgehead atoms. The number of hydrogen-bond donors (Lipinski definition) is 1. The normalized spacial score (nSPS) is 14.4. The van der Waals surface area contributed by atoms with Gasteiger partial charge in [-0.25, -0.2) is 9.97 Å². The topological polar surface area (TPSA) is 59.8 Å². The first kappa shape index (κ1) is 16.2. The number of rotatable bonds is 4. The Morgan fingerprint density at radius 3 is 2.62 bits per heavy atom. The van der Waals surface area contributed by atoms with Crippen molar-refractivity contribution in [1.82, 2.24) is 19.9 Å². The zero-order valence-electron chi connectivity index (χ0n) is 12.4. The fourth-order valence-corrected chi connectivity index (χ4v) is 2.63. The van der Waals surface area contributed by atoms with Gasteiger partial charge in [-0.3, -0.25) is 9.36 Å². The van der Waals surface area contributed by atoms with Gasteiger partial charge in [0, 0.05) is 16.7 Å². The molecular weight excluding hydrogens is 356 g/mol. The van der Waals surface area contributed by atoms with Gasteiger partial charge in [0.15, 0.2) is 5.65 Å². The first-order valence-corrected chi connectivity index (χ1v) is 8.02. The van der Waals surface area contributed by atoms with Gasteiger partial charge < -0.3 is 5.32 Å². The van der Waals surface area contributed by atoms with Crippen LogP contribution < -0.4 is 5.32 Å². The fraction of sp³-hybridized carbons (Fsp3) is 0.500. The molecule has 114 valence electrons. The highest BCUT2D eigenvalue weighted by Crippen LogP contribution is 2.28. The summed E-state index contributed by atoms with van der Waals surface area (Å²) in [7, 11) is 0. The quantitative estimate of drug-likeness (QED) is 0.833. The van der Waals surface area contributed by atoms with Gasteiger partial charge in [0.2, 0.25) is 5.91 Å². The van der Waals surface area contributed by atoms with Gasteiger partial charge in [0.1, 0.15) is 17.4 Å². The molecule has 2 aromatic heterocycles. The smallest absolute Gasteiger partial charge is 0.243 e. The Kier molecular flexibility index (Phi) is 4.88. The molecule has 2 unspecified atom stereocenters. The number of hydrogen-bond acceptors (Lipinski definition) is 3. The monoisotopic (exact) mass is 372 g/mol. The molecular formula is C14H18BrClN4O. The van der Waals surface area contributed by atoms with Crippen molar-refractivity contribution >= 4 is 44.6 Å². The molecule has 0 saturated heterocycles. The van der Waals surface area contributed by atoms with Crippen molar-refractivity contribution in [2.24, 2.45) is 0 Å². The van der Waals surface area contributed by atoms with Crippen LogP contribution in [0.5, 0.6) is 0 Å². The number of aromatic nitrogens is 3. The van der Waals surface area contributed by atoms with Crippen LogP contribution in [-0.4, -0.2) is 26.5 Å². The third-order valence-electron chi connectivity index (χ3n) is 3.08. The molecule has 0 aliphatic rings. The number of fused-ring (bicyclic) bond motifs is 1. The largest absolute Gasteiger partial charge is 0.352 e. The Hall–Kier alpha value is -1.14. The van der Waals surface area contributed by atoms with Crippen LogP contribution in [0.2, 0.25) is 0 Å². The second kappa shape index (κ2) is 6.32. The molecule has 0 aromatic carbocycles. The molecule has 0 fully saturated rings. The SMILES string of the molecule is CC(C)NC(=O)C(C)n1c(C(C)Cl)nc2cc(Br)cnc21. The van der Waals surface area contributed by atoms with Gasteiger partial charge >= 0.3 is 0 Å². The number of carbonyl (C=O) groups is 1. The average molecular weight is 374 g/mol. The first-order valence-electron chi connectivity index (χ1n) is 6.79. The zero-order valence-corrected chi connectivity index (χ0v) is 14.7. The lowest BCUT2D eigenvalue weighted by atomic mass is 10.2. The maximum absolute atomic E-state index is 12.3. The van der Waals surface area contributed by atoms with E-state index in [1.165, 1.54) is 0 Å². The predicted molar refractivity (Wildman–Crippen MR) is 87.5 cm³/mol. The number of alkyl halides is 1. The molecule has 1 N–H and O–H groups in total. The van der Waals surface area contributed by atoms with Crippen LogP contribution in [0.25, 0.3) is 11.2 Å². The number of pyridine rings is 1. The van der Waals surface area contributed by atoms with Crippen molar-refractivity contribution in [2.45, 2.75) is 45.2 Å². The lowest BCUT2D eigenvalue weighted by Crippen LogP contribution is -2.36. The minimum Gasteiger partial charge on any atom is -0.352 e. The molecule has 2 rings (SSSR count). The van der Waals surface area contributed by atoms with Gasteiger partial charge in [0.05, 0.1) is 5.38 Å². The van der Waals surface area contributed by atoms with Crippen molar-refractivity contribution in [1.29, 1.82) is 0 Å². The zero-order chi connectivity index (χ0) is 15.7. The van der Waals surface area contributed by atoms with E-state index < -0.39 is 6.04 Å². The van der Waals surface area contributed by atoms with Crippen LogP contribution in [0.4, 0.5) is 0 Å². The number of nitrogens with zero attached hydrogens (tertiary/aromatic N) is 3. The van der Waals surface area contributed by atoms with Gasteiger partial charge in [-0.15, -0.1) is 11.6 Å². The summed E-state index contributed by atoms with van der Waals surface area (Å²) < 4.78 is 2.64. The van der Waals surface area contributed by atoms with Crippen LogP contribution in [0, 0.1) is 0 Å². The number of nitrogens with one attached hydrogen (secondary N) is 1. The average Bonchev–Trinajstić information content (AvgIpc) is 2.75. The van der Waals surface area contributed by atoms with Gasteiger partial charge in [-0.2, -0.15) is 0 Å². The third kappa shape index (κ3) is 3.37. The maximum atomic E-state index is 12.3. The van der Waals surface area contributed by atoms with E-state index in [4.69, 9.17) is 11.6 Å². The highest BCUT2D eigenvalue weighted by Gasteiger charge is 2.24. The summed E-state index contributed by atoms with van der Waals surface area (Å²) in [6, 6.07) is 1.52. The second-order valence-corrected chi connectivity index (χ2v) is 6.86. The van der Waals surface area contributed by atoms with Crippen molar-refractivity contribution in [2.75, 3.05) is 0 Å². The van der Waals surface area contributed by atoms with Crippen LogP contribution in [-0.2, 0) is 4.79 Å². The number of amides is 1. The summed E-state index contributed by atoms with van der Waals surface area (Å²) in [4.78, 5) is 21.2. The molecule has 5 nitrogen and oxygen atoms in total. The minimum absolute atomic E-state index is 0.0763. The molecule has 0 aliphatic heterocycles. The summed E-state index contributed by atoms with van der Waals surface area (Å²) in [5.41, 5.74) is 1.38. The number of imidazole rings is 1. The Morgan fingerprint density at radius 2 is 2.05 bits per heavy atom. The van der Waals surface area contributed by atoms with Crippen LogP contribution in [0.3, 0.4) is 0 Å². The molecule has 0 aliphatic carbocycles. The Morgan fingerprint density at radius 1 is 1.38 bits per heavy atom. The summed E-state index contributed by atoms with van der Waals surface area (Å²) in [6.07, 6.45) is 1.69. The lowest BCUT2D eigenvalue weighted by molar-refractivity contribution is -0.124. The first-order chi connectivity index (χ1) is 9.81. The lowest BCUT2D eigenvalue weighted by Gasteiger charge is -2.19. The summed E-state index contributed by atoms with van der Waals surface area (Å²) in [5.74, 6) is 0.566. The van der Waals surface area contributed by atoms with Gasteiger partial charge in [-0.05, 0) is 49.7 Å².